The van der Waals surface area contributed by atoms with Gasteiger partial charge in [-0.25, -0.2) is 0 Å². The highest BCUT2D eigenvalue weighted by Crippen LogP contribution is 2.31. The Labute approximate surface area is 163 Å². The Morgan fingerprint density at radius 2 is 1.68 bits per heavy atom. The predicted octanol–water partition coefficient (Wildman–Crippen LogP) is 2.85. The van der Waals surface area contributed by atoms with Gasteiger partial charge in [-0.2, -0.15) is 0 Å². The third-order valence-electron chi connectivity index (χ3n) is 4.33. The number of amides is 1. The lowest BCUT2D eigenvalue weighted by molar-refractivity contribution is -0.125. The zero-order valence-electron chi connectivity index (χ0n) is 16.1. The van der Waals surface area contributed by atoms with E-state index in [-0.39, 0.29) is 5.91 Å². The number of oxime groups is 1. The van der Waals surface area contributed by atoms with Crippen LogP contribution in [0.3, 0.4) is 0 Å². The molecule has 1 aliphatic heterocycles. The minimum absolute atomic E-state index is 0.308. The second-order valence-corrected chi connectivity index (χ2v) is 5.96. The third kappa shape index (κ3) is 3.95. The van der Waals surface area contributed by atoms with E-state index in [0.717, 1.165) is 5.56 Å². The quantitative estimate of drug-likeness (QED) is 0.787. The maximum absolute atomic E-state index is 12.6. The molecule has 0 spiro atoms. The van der Waals surface area contributed by atoms with Gasteiger partial charge in [0.05, 0.1) is 34.2 Å². The fourth-order valence-corrected chi connectivity index (χ4v) is 2.85. The second-order valence-electron chi connectivity index (χ2n) is 5.96. The van der Waals surface area contributed by atoms with Crippen LogP contribution in [0.5, 0.6) is 23.0 Å². The Morgan fingerprint density at radius 1 is 0.964 bits per heavy atom. The van der Waals surface area contributed by atoms with Gasteiger partial charge in [0.1, 0.15) is 11.5 Å². The summed E-state index contributed by atoms with van der Waals surface area (Å²) in [6.07, 6.45) is -0.443. The highest BCUT2D eigenvalue weighted by molar-refractivity contribution is 6.07. The van der Waals surface area contributed by atoms with Crippen molar-refractivity contribution in [3.63, 3.8) is 0 Å². The molecule has 1 amide bonds. The first kappa shape index (κ1) is 19.3. The summed E-state index contributed by atoms with van der Waals surface area (Å²) in [6, 6.07) is 10.5. The molecule has 0 unspecified atom stereocenters. The molecule has 3 rings (SSSR count). The Kier molecular flexibility index (Phi) is 5.88. The van der Waals surface area contributed by atoms with Crippen molar-refractivity contribution in [3.05, 3.63) is 42.0 Å². The Bertz CT molecular complexity index is 896. The van der Waals surface area contributed by atoms with Crippen LogP contribution in [0.25, 0.3) is 0 Å². The van der Waals surface area contributed by atoms with Gasteiger partial charge in [-0.3, -0.25) is 4.79 Å². The molecule has 8 heteroatoms. The van der Waals surface area contributed by atoms with Gasteiger partial charge in [-0.1, -0.05) is 5.16 Å². The molecular weight excluding hydrogens is 364 g/mol. The molecule has 8 nitrogen and oxygen atoms in total. The number of hydrogen-bond donors (Lipinski definition) is 1. The molecule has 0 fully saturated rings. The number of nitrogens with one attached hydrogen (secondary N) is 1. The van der Waals surface area contributed by atoms with Crippen LogP contribution in [0, 0.1) is 0 Å². The molecule has 0 aromatic heterocycles. The van der Waals surface area contributed by atoms with Crippen LogP contribution in [0.2, 0.25) is 0 Å². The van der Waals surface area contributed by atoms with Gasteiger partial charge in [0.15, 0.2) is 11.5 Å². The van der Waals surface area contributed by atoms with Gasteiger partial charge in [0, 0.05) is 23.7 Å². The van der Waals surface area contributed by atoms with Crippen molar-refractivity contribution in [2.24, 2.45) is 5.16 Å². The maximum Gasteiger partial charge on any atom is 0.268 e. The summed E-state index contributed by atoms with van der Waals surface area (Å²) in [7, 11) is 6.24. The summed E-state index contributed by atoms with van der Waals surface area (Å²) in [4.78, 5) is 17.9. The largest absolute Gasteiger partial charge is 0.497 e. The number of nitrogens with zero attached hydrogens (tertiary/aromatic N) is 1. The van der Waals surface area contributed by atoms with Crippen molar-refractivity contribution < 1.29 is 28.6 Å². The van der Waals surface area contributed by atoms with Crippen LogP contribution < -0.4 is 24.3 Å². The fraction of sp³-hybridized carbons (Fsp3) is 0.300. The van der Waals surface area contributed by atoms with Gasteiger partial charge < -0.3 is 29.1 Å². The van der Waals surface area contributed by atoms with Crippen LogP contribution in [0.4, 0.5) is 5.69 Å². The molecule has 148 valence electrons. The second kappa shape index (κ2) is 8.51. The molecule has 2 aromatic carbocycles. The van der Waals surface area contributed by atoms with Crippen LogP contribution in [-0.4, -0.2) is 46.2 Å². The summed E-state index contributed by atoms with van der Waals surface area (Å²) in [5.41, 5.74) is 1.91. The average molecular weight is 386 g/mol. The van der Waals surface area contributed by atoms with Gasteiger partial charge in [-0.15, -0.1) is 0 Å². The van der Waals surface area contributed by atoms with E-state index in [1.807, 2.05) is 0 Å². The van der Waals surface area contributed by atoms with Crippen molar-refractivity contribution in [3.8, 4) is 23.0 Å². The van der Waals surface area contributed by atoms with Crippen molar-refractivity contribution >= 4 is 17.3 Å². The number of carbonyl (C=O) groups is 1. The summed E-state index contributed by atoms with van der Waals surface area (Å²) in [5, 5.41) is 6.88. The van der Waals surface area contributed by atoms with Crippen molar-refractivity contribution in [2.75, 3.05) is 33.8 Å². The van der Waals surface area contributed by atoms with Crippen LogP contribution in [0.15, 0.2) is 41.6 Å². The monoisotopic (exact) mass is 386 g/mol. The zero-order valence-corrected chi connectivity index (χ0v) is 16.1. The zero-order chi connectivity index (χ0) is 20.1. The molecule has 0 saturated heterocycles. The molecule has 0 radical (unpaired) electrons. The first-order valence-electron chi connectivity index (χ1n) is 8.57. The molecule has 2 aromatic rings. The lowest BCUT2D eigenvalue weighted by Crippen LogP contribution is -2.28. The molecule has 28 heavy (non-hydrogen) atoms. The minimum atomic E-state index is -0.751. The molecule has 1 N–H and O–H groups in total. The van der Waals surface area contributed by atoms with E-state index in [1.165, 1.54) is 7.11 Å². The van der Waals surface area contributed by atoms with E-state index in [2.05, 4.69) is 10.5 Å². The number of anilines is 1. The normalized spacial score (nSPS) is 15.3. The number of benzene rings is 2. The fourth-order valence-electron chi connectivity index (χ4n) is 2.85. The van der Waals surface area contributed by atoms with Crippen LogP contribution >= 0.6 is 0 Å². The molecule has 1 aliphatic rings. The highest BCUT2D eigenvalue weighted by Gasteiger charge is 2.30. The smallest absolute Gasteiger partial charge is 0.268 e. The highest BCUT2D eigenvalue weighted by atomic mass is 16.6. The van der Waals surface area contributed by atoms with Crippen LogP contribution in [0.1, 0.15) is 12.0 Å². The summed E-state index contributed by atoms with van der Waals surface area (Å²) in [6.45, 7) is 0. The Morgan fingerprint density at radius 3 is 2.36 bits per heavy atom. The van der Waals surface area contributed by atoms with Crippen molar-refractivity contribution in [2.45, 2.75) is 12.5 Å². The van der Waals surface area contributed by atoms with Gasteiger partial charge in [0.2, 0.25) is 6.10 Å². The summed E-state index contributed by atoms with van der Waals surface area (Å²) >= 11 is 0. The number of methoxy groups -OCH3 is 4. The molecule has 0 saturated carbocycles. The van der Waals surface area contributed by atoms with Gasteiger partial charge >= 0.3 is 0 Å². The summed E-state index contributed by atoms with van der Waals surface area (Å²) < 4.78 is 21.1. The Hall–Kier alpha value is -3.42. The van der Waals surface area contributed by atoms with Crippen molar-refractivity contribution in [1.29, 1.82) is 0 Å². The molecule has 0 aliphatic carbocycles. The van der Waals surface area contributed by atoms with Gasteiger partial charge in [-0.05, 0) is 30.3 Å². The average Bonchev–Trinajstić information content (AvgIpc) is 3.23. The van der Waals surface area contributed by atoms with E-state index in [9.17, 15) is 4.79 Å². The van der Waals surface area contributed by atoms with E-state index >= 15 is 0 Å². The van der Waals surface area contributed by atoms with E-state index < -0.39 is 6.10 Å². The molecule has 0 bridgehead atoms. The molecular formula is C20H22N2O6. The van der Waals surface area contributed by atoms with E-state index in [4.69, 9.17) is 23.8 Å². The first-order chi connectivity index (χ1) is 13.6. The molecule has 1 heterocycles. The number of rotatable bonds is 7. The lowest BCUT2D eigenvalue weighted by Gasteiger charge is -2.13. The SMILES string of the molecule is COc1ccc(OC)c(C2=NO[C@H](C(=O)Nc3ccc(OC)c(OC)c3)C2)c1. The third-order valence-corrected chi connectivity index (χ3v) is 4.33. The standard InChI is InChI=1S/C20H22N2O6/c1-24-13-6-8-16(25-2)14(10-13)15-11-19(28-22-15)20(23)21-12-5-7-17(26-3)18(9-12)27-4/h5-10,19H,11H2,1-4H3,(H,21,23)/t19-/m0/s1. The first-order valence-corrected chi connectivity index (χ1v) is 8.57. The topological polar surface area (TPSA) is 87.6 Å². The van der Waals surface area contributed by atoms with Crippen molar-refractivity contribution in [1.82, 2.24) is 0 Å². The van der Waals surface area contributed by atoms with E-state index in [0.29, 0.717) is 40.8 Å². The number of ether oxygens (including phenoxy) is 4. The van der Waals surface area contributed by atoms with E-state index in [1.54, 1.807) is 57.7 Å². The maximum atomic E-state index is 12.6. The summed E-state index contributed by atoms with van der Waals surface area (Å²) in [5.74, 6) is 2.08. The lowest BCUT2D eigenvalue weighted by atomic mass is 10.0. The predicted molar refractivity (Wildman–Crippen MR) is 104 cm³/mol. The minimum Gasteiger partial charge on any atom is -0.497 e. The molecule has 1 atom stereocenters. The number of hydrogen-bond acceptors (Lipinski definition) is 7. The van der Waals surface area contributed by atoms with Gasteiger partial charge in [0.25, 0.3) is 5.91 Å². The van der Waals surface area contributed by atoms with Crippen LogP contribution in [-0.2, 0) is 9.63 Å². The number of carbonyl (C=O) groups excluding carboxylic acids is 1. The Balaban J connectivity index is 1.71.